The molecule has 0 spiro atoms. The van der Waals surface area contributed by atoms with Gasteiger partial charge in [0.1, 0.15) is 0 Å². The van der Waals surface area contributed by atoms with Gasteiger partial charge in [0.2, 0.25) is 0 Å². The van der Waals surface area contributed by atoms with E-state index in [1.54, 1.807) is 0 Å². The summed E-state index contributed by atoms with van der Waals surface area (Å²) < 4.78 is 0. The number of rotatable bonds is 5. The number of nitrogens with one attached hydrogen (secondary N) is 2. The molecule has 0 heterocycles. The van der Waals surface area contributed by atoms with E-state index in [1.165, 1.54) is 0 Å². The smallest absolute Gasteiger partial charge is 0.328 e. The first-order valence-electron chi connectivity index (χ1n) is 5.47. The van der Waals surface area contributed by atoms with Crippen LogP contribution in [-0.4, -0.2) is 34.9 Å². The van der Waals surface area contributed by atoms with Gasteiger partial charge < -0.3 is 20.8 Å². The Labute approximate surface area is 105 Å². The summed E-state index contributed by atoms with van der Waals surface area (Å²) in [5.41, 5.74) is 1.98. The Hall–Kier alpha value is -2.08. The number of aryl methyl sites for hydroxylation is 1. The minimum Gasteiger partial charge on any atom is -0.480 e. The van der Waals surface area contributed by atoms with Gasteiger partial charge in [-0.3, -0.25) is 0 Å². The van der Waals surface area contributed by atoms with Crippen LogP contribution in [0.5, 0.6) is 0 Å². The van der Waals surface area contributed by atoms with Gasteiger partial charge in [0, 0.05) is 6.54 Å². The molecule has 1 aromatic carbocycles. The van der Waals surface area contributed by atoms with Crippen molar-refractivity contribution in [3.8, 4) is 0 Å². The highest BCUT2D eigenvalue weighted by atomic mass is 16.4. The SMILES string of the molecule is Cc1ccccc1CNC(=O)N[C@H](CO)C(=O)O. The van der Waals surface area contributed by atoms with Gasteiger partial charge in [-0.15, -0.1) is 0 Å². The molecule has 1 rings (SSSR count). The van der Waals surface area contributed by atoms with Gasteiger partial charge in [-0.05, 0) is 18.1 Å². The minimum absolute atomic E-state index is 0.302. The Kier molecular flexibility index (Phi) is 5.13. The molecule has 0 aliphatic heterocycles. The van der Waals surface area contributed by atoms with Crippen molar-refractivity contribution in [2.45, 2.75) is 19.5 Å². The van der Waals surface area contributed by atoms with Crippen molar-refractivity contribution in [3.63, 3.8) is 0 Å². The Morgan fingerprint density at radius 1 is 1.33 bits per heavy atom. The first-order chi connectivity index (χ1) is 8.54. The number of aliphatic carboxylic acids is 1. The van der Waals surface area contributed by atoms with Crippen LogP contribution < -0.4 is 10.6 Å². The third-order valence-electron chi connectivity index (χ3n) is 2.49. The molecule has 18 heavy (non-hydrogen) atoms. The molecule has 0 aromatic heterocycles. The van der Waals surface area contributed by atoms with Crippen molar-refractivity contribution in [1.82, 2.24) is 10.6 Å². The average molecular weight is 252 g/mol. The molecular weight excluding hydrogens is 236 g/mol. The first-order valence-corrected chi connectivity index (χ1v) is 5.47. The third-order valence-corrected chi connectivity index (χ3v) is 2.49. The lowest BCUT2D eigenvalue weighted by Crippen LogP contribution is -2.47. The number of aliphatic hydroxyl groups excluding tert-OH is 1. The minimum atomic E-state index is -1.29. The number of carboxylic acids is 1. The Bertz CT molecular complexity index is 434. The number of carbonyl (C=O) groups excluding carboxylic acids is 1. The van der Waals surface area contributed by atoms with E-state index in [2.05, 4.69) is 10.6 Å². The quantitative estimate of drug-likeness (QED) is 0.603. The maximum absolute atomic E-state index is 11.4. The van der Waals surface area contributed by atoms with Crippen LogP contribution in [0.4, 0.5) is 4.79 Å². The van der Waals surface area contributed by atoms with E-state index in [4.69, 9.17) is 10.2 Å². The number of amides is 2. The zero-order valence-electron chi connectivity index (χ0n) is 10.0. The normalized spacial score (nSPS) is 11.7. The summed E-state index contributed by atoms with van der Waals surface area (Å²) >= 11 is 0. The molecule has 0 aliphatic rings. The lowest BCUT2D eigenvalue weighted by molar-refractivity contribution is -0.140. The van der Waals surface area contributed by atoms with Crippen LogP contribution in [0.3, 0.4) is 0 Å². The zero-order valence-corrected chi connectivity index (χ0v) is 10.0. The summed E-state index contributed by atoms with van der Waals surface area (Å²) in [6.45, 7) is 1.58. The second-order valence-electron chi connectivity index (χ2n) is 3.83. The fourth-order valence-corrected chi connectivity index (χ4v) is 1.38. The molecule has 0 unspecified atom stereocenters. The van der Waals surface area contributed by atoms with Gasteiger partial charge in [0.25, 0.3) is 0 Å². The maximum atomic E-state index is 11.4. The number of aliphatic hydroxyl groups is 1. The number of carboxylic acid groups (broad SMARTS) is 1. The highest BCUT2D eigenvalue weighted by molar-refractivity contribution is 5.82. The molecule has 0 fully saturated rings. The first kappa shape index (κ1) is 14.0. The largest absolute Gasteiger partial charge is 0.480 e. The molecule has 0 saturated heterocycles. The van der Waals surface area contributed by atoms with Crippen molar-refractivity contribution in [1.29, 1.82) is 0 Å². The fraction of sp³-hybridized carbons (Fsp3) is 0.333. The van der Waals surface area contributed by atoms with Crippen molar-refractivity contribution in [3.05, 3.63) is 35.4 Å². The summed E-state index contributed by atoms with van der Waals surface area (Å²) in [6.07, 6.45) is 0. The number of hydrogen-bond donors (Lipinski definition) is 4. The average Bonchev–Trinajstić information content (AvgIpc) is 2.34. The Morgan fingerprint density at radius 3 is 2.56 bits per heavy atom. The predicted molar refractivity (Wildman–Crippen MR) is 65.1 cm³/mol. The topological polar surface area (TPSA) is 98.7 Å². The summed E-state index contributed by atoms with van der Waals surface area (Å²) in [7, 11) is 0. The van der Waals surface area contributed by atoms with Gasteiger partial charge in [0.05, 0.1) is 6.61 Å². The molecule has 0 bridgehead atoms. The van der Waals surface area contributed by atoms with E-state index in [-0.39, 0.29) is 0 Å². The van der Waals surface area contributed by atoms with Gasteiger partial charge in [-0.25, -0.2) is 9.59 Å². The molecule has 98 valence electrons. The van der Waals surface area contributed by atoms with E-state index >= 15 is 0 Å². The van der Waals surface area contributed by atoms with Crippen molar-refractivity contribution >= 4 is 12.0 Å². The number of hydrogen-bond acceptors (Lipinski definition) is 3. The third kappa shape index (κ3) is 4.06. The highest BCUT2D eigenvalue weighted by Gasteiger charge is 2.18. The highest BCUT2D eigenvalue weighted by Crippen LogP contribution is 2.05. The molecule has 4 N–H and O–H groups in total. The number of urea groups is 1. The number of benzene rings is 1. The van der Waals surface area contributed by atoms with E-state index in [9.17, 15) is 9.59 Å². The monoisotopic (exact) mass is 252 g/mol. The molecule has 6 nitrogen and oxygen atoms in total. The second kappa shape index (κ2) is 6.61. The summed E-state index contributed by atoms with van der Waals surface area (Å²) in [5.74, 6) is -1.27. The standard InChI is InChI=1S/C12H16N2O4/c1-8-4-2-3-5-9(8)6-13-12(18)14-10(7-15)11(16)17/h2-5,10,15H,6-7H2,1H3,(H,16,17)(H2,13,14,18)/t10-/m1/s1. The van der Waals surface area contributed by atoms with Crippen LogP contribution in [0.25, 0.3) is 0 Å². The van der Waals surface area contributed by atoms with Crippen molar-refractivity contribution < 1.29 is 19.8 Å². The molecule has 1 aromatic rings. The summed E-state index contributed by atoms with van der Waals surface area (Å²) in [4.78, 5) is 22.0. The van der Waals surface area contributed by atoms with Gasteiger partial charge in [-0.1, -0.05) is 24.3 Å². The molecule has 0 aliphatic carbocycles. The summed E-state index contributed by atoms with van der Waals surface area (Å²) in [5, 5.41) is 22.1. The number of carbonyl (C=O) groups is 2. The zero-order chi connectivity index (χ0) is 13.5. The Morgan fingerprint density at radius 2 is 2.00 bits per heavy atom. The predicted octanol–water partition coefficient (Wildman–Crippen LogP) is 0.240. The van der Waals surface area contributed by atoms with E-state index in [1.807, 2.05) is 31.2 Å². The van der Waals surface area contributed by atoms with E-state index in [0.29, 0.717) is 6.54 Å². The van der Waals surface area contributed by atoms with Crippen LogP contribution in [0, 0.1) is 6.92 Å². The lowest BCUT2D eigenvalue weighted by atomic mass is 10.1. The van der Waals surface area contributed by atoms with Crippen LogP contribution in [0.1, 0.15) is 11.1 Å². The van der Waals surface area contributed by atoms with Gasteiger partial charge in [0.15, 0.2) is 6.04 Å². The fourth-order valence-electron chi connectivity index (χ4n) is 1.38. The van der Waals surface area contributed by atoms with E-state index in [0.717, 1.165) is 11.1 Å². The lowest BCUT2D eigenvalue weighted by Gasteiger charge is -2.13. The van der Waals surface area contributed by atoms with Crippen LogP contribution in [0.2, 0.25) is 0 Å². The van der Waals surface area contributed by atoms with Crippen LogP contribution >= 0.6 is 0 Å². The molecule has 6 heteroatoms. The Balaban J connectivity index is 2.47. The molecule has 2 amide bonds. The van der Waals surface area contributed by atoms with Crippen molar-refractivity contribution in [2.75, 3.05) is 6.61 Å². The molecular formula is C12H16N2O4. The van der Waals surface area contributed by atoms with E-state index < -0.39 is 24.6 Å². The second-order valence-corrected chi connectivity index (χ2v) is 3.83. The van der Waals surface area contributed by atoms with Crippen LogP contribution in [-0.2, 0) is 11.3 Å². The van der Waals surface area contributed by atoms with Gasteiger partial charge >= 0.3 is 12.0 Å². The maximum Gasteiger partial charge on any atom is 0.328 e. The van der Waals surface area contributed by atoms with Crippen LogP contribution in [0.15, 0.2) is 24.3 Å². The summed E-state index contributed by atoms with van der Waals surface area (Å²) in [6, 6.07) is 5.63. The molecule has 0 radical (unpaired) electrons. The van der Waals surface area contributed by atoms with Crippen molar-refractivity contribution in [2.24, 2.45) is 0 Å². The molecule has 0 saturated carbocycles. The van der Waals surface area contributed by atoms with Gasteiger partial charge in [-0.2, -0.15) is 0 Å². The molecule has 1 atom stereocenters.